The largest absolute Gasteiger partial charge is 0.487 e. The van der Waals surface area contributed by atoms with E-state index in [-0.39, 0.29) is 88.6 Å². The van der Waals surface area contributed by atoms with E-state index < -0.39 is 72.3 Å². The van der Waals surface area contributed by atoms with Gasteiger partial charge in [0.25, 0.3) is 0 Å². The molecule has 0 unspecified atom stereocenters. The highest BCUT2D eigenvalue weighted by atomic mass is 16.5. The molecule has 0 aliphatic carbocycles. The number of rotatable bonds is 42. The molecule has 2 aromatic heterocycles. The number of Topliss-reactive ketones (excluding diaryl/α,β-unsaturated/α-hetero) is 1. The number of aromatic nitrogens is 5. The quantitative estimate of drug-likeness (QED) is 0.0328. The molecule has 11 N–H and O–H groups in total. The number of nitrogens with one attached hydrogen (secondary N) is 5. The summed E-state index contributed by atoms with van der Waals surface area (Å²) in [5.41, 5.74) is 0.525. The third-order valence-corrected chi connectivity index (χ3v) is 14.7. The van der Waals surface area contributed by atoms with E-state index in [0.717, 1.165) is 5.56 Å². The van der Waals surface area contributed by atoms with E-state index in [1.807, 2.05) is 34.1 Å². The number of carbonyl (C=O) groups excluding carboxylic acids is 5. The lowest BCUT2D eigenvalue weighted by molar-refractivity contribution is -0.141. The normalized spacial score (nSPS) is 14.6. The molecule has 1 aliphatic rings. The first kappa shape index (κ1) is 75.8. The molecule has 33 nitrogen and oxygen atoms in total. The number of hydrogen-bond donors (Lipinski definition) is 11. The van der Waals surface area contributed by atoms with Crippen molar-refractivity contribution >= 4 is 65.4 Å². The zero-order valence-electron chi connectivity index (χ0n) is 52.7. The Morgan fingerprint density at radius 1 is 0.609 bits per heavy atom. The van der Waals surface area contributed by atoms with E-state index in [0.29, 0.717) is 141 Å². The number of aryl methyl sites for hydroxylation is 1. The molecule has 0 bridgehead atoms. The van der Waals surface area contributed by atoms with Gasteiger partial charge in [0.2, 0.25) is 17.7 Å². The molecule has 92 heavy (non-hydrogen) atoms. The van der Waals surface area contributed by atoms with Gasteiger partial charge in [-0.3, -0.25) is 67.5 Å². The van der Waals surface area contributed by atoms with Gasteiger partial charge in [-0.05, 0) is 90.0 Å². The Morgan fingerprint density at radius 3 is 1.76 bits per heavy atom. The Morgan fingerprint density at radius 2 is 1.18 bits per heavy atom. The molecule has 3 aromatic rings. The minimum absolute atomic E-state index is 0.0146. The lowest BCUT2D eigenvalue weighted by atomic mass is 10.0. The number of aliphatic carboxylic acids is 6. The van der Waals surface area contributed by atoms with Gasteiger partial charge in [-0.1, -0.05) is 23.8 Å². The summed E-state index contributed by atoms with van der Waals surface area (Å²) < 4.78 is 9.41. The zero-order valence-corrected chi connectivity index (χ0v) is 52.7. The number of hydrogen-bond acceptors (Lipinski definition) is 20. The lowest BCUT2D eigenvalue weighted by Crippen LogP contribution is -2.51. The van der Waals surface area contributed by atoms with Crippen LogP contribution in [0.25, 0.3) is 0 Å². The molecule has 510 valence electrons. The number of unbranched alkanes of at least 4 members (excludes halogenated alkanes) is 3. The number of amides is 5. The van der Waals surface area contributed by atoms with Crippen LogP contribution in [-0.2, 0) is 80.7 Å². The van der Waals surface area contributed by atoms with Gasteiger partial charge in [0, 0.05) is 109 Å². The zero-order chi connectivity index (χ0) is 67.6. The van der Waals surface area contributed by atoms with Crippen molar-refractivity contribution in [2.45, 2.75) is 142 Å². The van der Waals surface area contributed by atoms with Crippen LogP contribution in [0.5, 0.6) is 5.75 Å². The fourth-order valence-corrected chi connectivity index (χ4v) is 10.0. The SMILES string of the molecule is CC(=O)CN1CCN(CC(=O)O)CCN(CC(=O)NCCCn2cc(COc3ccc(CN(CCCCCC(=O)NCCCC[C@H](NC(=O)N[C@@H](CCC(=O)O)C(=O)O)C(=O)O)Cc4nccn4CC(=O)NC(C)(C)CC(=O)O)cc3)nn2)CCN(CC(=O)O)CC1. The van der Waals surface area contributed by atoms with E-state index in [1.54, 1.807) is 51.5 Å². The number of urea groups is 1. The molecule has 1 aromatic carbocycles. The van der Waals surface area contributed by atoms with Gasteiger partial charge in [0.15, 0.2) is 0 Å². The van der Waals surface area contributed by atoms with Gasteiger partial charge < -0.3 is 66.5 Å². The standard InChI is InChI=1S/C59H91N15O18/c1-42(75)33-68-24-28-70(39-54(83)84)30-26-69(27-31-71(29-25-68)40-55(85)86)37-50(77)62-19-9-22-74-35-44(66-67-74)41-92-45-14-12-43(13-15-45)34-72(36-48-60-20-23-73(48)38-51(78)65-59(2,3)32-53(81)82)21-8-4-5-11-49(76)61-18-7-6-10-46(56(87)88)63-58(91)64-47(57(89)90)16-17-52(79)80/h12-15,20,23,35,46-47H,4-11,16-19,21-22,24-34,36-41H2,1-3H3,(H,61,76)(H,62,77)(H,65,78)(H,79,80)(H,81,82)(H,83,84)(H,85,86)(H,87,88)(H,89,90)(H2,63,64,91)/t46-,47-/m0/s1. The summed E-state index contributed by atoms with van der Waals surface area (Å²) in [4.78, 5) is 146. The molecule has 4 rings (SSSR count). The van der Waals surface area contributed by atoms with E-state index in [9.17, 15) is 78.3 Å². The number of nitrogens with zero attached hydrogens (tertiary/aromatic N) is 10. The average Bonchev–Trinajstić information content (AvgIpc) is 3.89. The lowest BCUT2D eigenvalue weighted by Gasteiger charge is -2.33. The van der Waals surface area contributed by atoms with E-state index in [2.05, 4.69) is 46.8 Å². The maximum atomic E-state index is 13.2. The van der Waals surface area contributed by atoms with Gasteiger partial charge in [-0.2, -0.15) is 0 Å². The van der Waals surface area contributed by atoms with Crippen LogP contribution in [0.3, 0.4) is 0 Å². The summed E-state index contributed by atoms with van der Waals surface area (Å²) in [7, 11) is 0. The van der Waals surface area contributed by atoms with Crippen LogP contribution in [0.2, 0.25) is 0 Å². The Labute approximate surface area is 533 Å². The predicted molar refractivity (Wildman–Crippen MR) is 328 cm³/mol. The van der Waals surface area contributed by atoms with Crippen LogP contribution < -0.4 is 31.3 Å². The van der Waals surface area contributed by atoms with Crippen molar-refractivity contribution in [2.24, 2.45) is 0 Å². The van der Waals surface area contributed by atoms with Crippen LogP contribution in [0.15, 0.2) is 42.9 Å². The summed E-state index contributed by atoms with van der Waals surface area (Å²) in [5, 5.41) is 77.4. The number of carbonyl (C=O) groups is 11. The first-order valence-electron chi connectivity index (χ1n) is 30.7. The number of carboxylic acid groups (broad SMARTS) is 6. The van der Waals surface area contributed by atoms with Gasteiger partial charge in [-0.15, -0.1) is 5.10 Å². The third kappa shape index (κ3) is 32.4. The molecule has 0 radical (unpaired) electrons. The van der Waals surface area contributed by atoms with Crippen molar-refractivity contribution in [3.8, 4) is 5.75 Å². The molecule has 1 saturated heterocycles. The minimum Gasteiger partial charge on any atom is -0.487 e. The van der Waals surface area contributed by atoms with Gasteiger partial charge in [-0.25, -0.2) is 19.4 Å². The molecular weight excluding hydrogens is 1210 g/mol. The molecule has 2 atom stereocenters. The molecule has 0 spiro atoms. The van der Waals surface area contributed by atoms with Crippen molar-refractivity contribution in [1.29, 1.82) is 0 Å². The minimum atomic E-state index is -1.53. The first-order valence-corrected chi connectivity index (χ1v) is 30.7. The van der Waals surface area contributed by atoms with E-state index in [1.165, 1.54) is 6.92 Å². The van der Waals surface area contributed by atoms with Crippen molar-refractivity contribution < 1.29 is 88.1 Å². The topological polar surface area (TPSA) is 443 Å². The highest BCUT2D eigenvalue weighted by Gasteiger charge is 2.27. The highest BCUT2D eigenvalue weighted by Crippen LogP contribution is 2.18. The van der Waals surface area contributed by atoms with Crippen LogP contribution >= 0.6 is 0 Å². The molecule has 33 heteroatoms. The Kier molecular flexibility index (Phi) is 33.2. The summed E-state index contributed by atoms with van der Waals surface area (Å²) in [5.74, 6) is -6.82. The van der Waals surface area contributed by atoms with Crippen LogP contribution in [0, 0.1) is 0 Å². The first-order chi connectivity index (χ1) is 43.7. The van der Waals surface area contributed by atoms with Gasteiger partial charge in [0.05, 0.1) is 45.3 Å². The summed E-state index contributed by atoms with van der Waals surface area (Å²) in [6.45, 7) is 9.96. The van der Waals surface area contributed by atoms with Gasteiger partial charge in [0.1, 0.15) is 48.3 Å². The summed E-state index contributed by atoms with van der Waals surface area (Å²) in [6.07, 6.45) is 7.21. The molecule has 3 heterocycles. The number of carboxylic acids is 6. The second-order valence-corrected chi connectivity index (χ2v) is 23.4. The van der Waals surface area contributed by atoms with Crippen molar-refractivity contribution in [3.63, 3.8) is 0 Å². The van der Waals surface area contributed by atoms with Crippen molar-refractivity contribution in [2.75, 3.05) is 98.2 Å². The average molecular weight is 1300 g/mol. The molecule has 1 aliphatic heterocycles. The monoisotopic (exact) mass is 1300 g/mol. The second-order valence-electron chi connectivity index (χ2n) is 23.4. The molecular formula is C59H91N15O18. The van der Waals surface area contributed by atoms with E-state index in [4.69, 9.17) is 9.84 Å². The van der Waals surface area contributed by atoms with Crippen molar-refractivity contribution in [3.05, 3.63) is 59.9 Å². The van der Waals surface area contributed by atoms with Crippen LogP contribution in [0.4, 0.5) is 4.79 Å². The molecule has 0 saturated carbocycles. The van der Waals surface area contributed by atoms with E-state index >= 15 is 0 Å². The summed E-state index contributed by atoms with van der Waals surface area (Å²) in [6, 6.07) is 3.56. The Balaban J connectivity index is 1.26. The highest BCUT2D eigenvalue weighted by molar-refractivity contribution is 5.86. The Hall–Kier alpha value is -8.66. The maximum Gasteiger partial charge on any atom is 0.326 e. The Bertz CT molecular complexity index is 2850. The molecule has 5 amide bonds. The maximum absolute atomic E-state index is 13.2. The number of imidazole rings is 1. The van der Waals surface area contributed by atoms with Crippen LogP contribution in [-0.4, -0.2) is 261 Å². The smallest absolute Gasteiger partial charge is 0.326 e. The fraction of sp³-hybridized carbons (Fsp3) is 0.627. The summed E-state index contributed by atoms with van der Waals surface area (Å²) >= 11 is 0. The predicted octanol–water partition coefficient (Wildman–Crippen LogP) is -0.171. The van der Waals surface area contributed by atoms with Crippen LogP contribution in [0.1, 0.15) is 108 Å². The number of ether oxygens (including phenoxy) is 1. The number of ketones is 1. The second kappa shape index (κ2) is 40.2. The van der Waals surface area contributed by atoms with Crippen molar-refractivity contribution in [1.82, 2.24) is 75.6 Å². The fourth-order valence-electron chi connectivity index (χ4n) is 10.0. The number of benzene rings is 1. The molecule has 1 fully saturated rings. The third-order valence-electron chi connectivity index (χ3n) is 14.7. The van der Waals surface area contributed by atoms with Gasteiger partial charge >= 0.3 is 41.8 Å².